The Labute approximate surface area is 199 Å². The first kappa shape index (κ1) is 19.8. The van der Waals surface area contributed by atoms with E-state index in [-0.39, 0.29) is 11.9 Å². The maximum absolute atomic E-state index is 13.5. The van der Waals surface area contributed by atoms with Crippen LogP contribution in [0, 0.1) is 0 Å². The van der Waals surface area contributed by atoms with E-state index in [1.165, 1.54) is 0 Å². The molecule has 6 rings (SSSR count). The van der Waals surface area contributed by atoms with Gasteiger partial charge in [-0.15, -0.1) is 0 Å². The van der Waals surface area contributed by atoms with Crippen molar-refractivity contribution in [2.24, 2.45) is 5.10 Å². The molecule has 0 saturated heterocycles. The number of ether oxygens (including phenoxy) is 1. The number of hydrogen-bond donors (Lipinski definition) is 1. The standard InChI is InChI=1S/C25H19BrClN3O2/c1-2-14-3-9-20-19(11-14)25(24(31)28-20)30-22(18-12-17(27)8-10-23(18)32-25)13-21(29-30)15-4-6-16(26)7-5-15/h3-12,22H,2,13H2,1H3,(H,28,31)/t22-,25-/m0/s1. The van der Waals surface area contributed by atoms with Gasteiger partial charge in [0.2, 0.25) is 0 Å². The Kier molecular flexibility index (Phi) is 4.39. The zero-order valence-corrected chi connectivity index (χ0v) is 19.6. The summed E-state index contributed by atoms with van der Waals surface area (Å²) in [5.41, 5.74) is 4.20. The Morgan fingerprint density at radius 2 is 2.00 bits per heavy atom. The van der Waals surface area contributed by atoms with Crippen LogP contribution in [0.25, 0.3) is 0 Å². The third-order valence-corrected chi connectivity index (χ3v) is 7.18. The number of fused-ring (bicyclic) bond motifs is 6. The third kappa shape index (κ3) is 2.76. The van der Waals surface area contributed by atoms with Crippen molar-refractivity contribution in [1.82, 2.24) is 5.01 Å². The molecular formula is C25H19BrClN3O2. The van der Waals surface area contributed by atoms with Gasteiger partial charge in [0.1, 0.15) is 5.75 Å². The lowest BCUT2D eigenvalue weighted by Gasteiger charge is -2.44. The van der Waals surface area contributed by atoms with Crippen LogP contribution in [0.5, 0.6) is 5.75 Å². The quantitative estimate of drug-likeness (QED) is 0.461. The molecule has 0 aliphatic carbocycles. The lowest BCUT2D eigenvalue weighted by atomic mass is 9.91. The van der Waals surface area contributed by atoms with Crippen molar-refractivity contribution in [3.63, 3.8) is 0 Å². The molecule has 0 aromatic heterocycles. The molecule has 0 fully saturated rings. The molecule has 3 aliphatic heterocycles. The number of rotatable bonds is 2. The summed E-state index contributed by atoms with van der Waals surface area (Å²) in [6.07, 6.45) is 1.51. The van der Waals surface area contributed by atoms with Crippen LogP contribution in [0.4, 0.5) is 5.69 Å². The molecule has 7 heteroatoms. The normalized spacial score (nSPS) is 22.7. The molecule has 0 saturated carbocycles. The van der Waals surface area contributed by atoms with Gasteiger partial charge in [0, 0.05) is 21.5 Å². The molecule has 32 heavy (non-hydrogen) atoms. The molecular weight excluding hydrogens is 490 g/mol. The summed E-state index contributed by atoms with van der Waals surface area (Å²) in [6.45, 7) is 2.10. The summed E-state index contributed by atoms with van der Waals surface area (Å²) in [5, 5.41) is 10.5. The predicted molar refractivity (Wildman–Crippen MR) is 128 cm³/mol. The van der Waals surface area contributed by atoms with E-state index in [1.807, 2.05) is 53.5 Å². The number of amides is 1. The van der Waals surface area contributed by atoms with E-state index >= 15 is 0 Å². The van der Waals surface area contributed by atoms with Crippen LogP contribution in [0.15, 0.2) is 70.2 Å². The molecule has 0 bridgehead atoms. The van der Waals surface area contributed by atoms with Crippen LogP contribution in [-0.4, -0.2) is 16.6 Å². The highest BCUT2D eigenvalue weighted by molar-refractivity contribution is 9.10. The van der Waals surface area contributed by atoms with Crippen molar-refractivity contribution in [3.05, 3.63) is 92.4 Å². The average molecular weight is 509 g/mol. The van der Waals surface area contributed by atoms with E-state index in [0.29, 0.717) is 17.2 Å². The monoisotopic (exact) mass is 507 g/mol. The number of nitrogens with zero attached hydrogens (tertiary/aromatic N) is 2. The topological polar surface area (TPSA) is 53.9 Å². The predicted octanol–water partition coefficient (Wildman–Crippen LogP) is 6.01. The number of nitrogens with one attached hydrogen (secondary N) is 1. The summed E-state index contributed by atoms with van der Waals surface area (Å²) >= 11 is 9.84. The molecule has 1 N–H and O–H groups in total. The Bertz CT molecular complexity index is 1310. The highest BCUT2D eigenvalue weighted by Gasteiger charge is 2.61. The van der Waals surface area contributed by atoms with Gasteiger partial charge in [-0.2, -0.15) is 5.10 Å². The molecule has 3 aliphatic rings. The van der Waals surface area contributed by atoms with Gasteiger partial charge in [-0.1, -0.05) is 52.7 Å². The second-order valence-corrected chi connectivity index (χ2v) is 9.59. The summed E-state index contributed by atoms with van der Waals surface area (Å²) in [4.78, 5) is 13.5. The minimum atomic E-state index is -1.36. The number of anilines is 1. The fraction of sp³-hybridized carbons (Fsp3) is 0.200. The van der Waals surface area contributed by atoms with Gasteiger partial charge in [0.05, 0.1) is 23.0 Å². The minimum Gasteiger partial charge on any atom is -0.453 e. The van der Waals surface area contributed by atoms with Gasteiger partial charge in [-0.05, 0) is 60.0 Å². The fourth-order valence-electron chi connectivity index (χ4n) is 4.80. The number of hydrazone groups is 1. The van der Waals surface area contributed by atoms with Gasteiger partial charge >= 0.3 is 5.72 Å². The maximum Gasteiger partial charge on any atom is 0.306 e. The van der Waals surface area contributed by atoms with E-state index in [2.05, 4.69) is 34.2 Å². The number of benzene rings is 3. The number of halogens is 2. The number of carbonyl (C=O) groups excluding carboxylic acids is 1. The zero-order chi connectivity index (χ0) is 22.0. The van der Waals surface area contributed by atoms with E-state index < -0.39 is 5.72 Å². The second kappa shape index (κ2) is 7.09. The smallest absolute Gasteiger partial charge is 0.306 e. The number of carbonyl (C=O) groups is 1. The highest BCUT2D eigenvalue weighted by atomic mass is 79.9. The van der Waals surface area contributed by atoms with E-state index in [1.54, 1.807) is 6.07 Å². The van der Waals surface area contributed by atoms with Crippen molar-refractivity contribution < 1.29 is 9.53 Å². The summed E-state index contributed by atoms with van der Waals surface area (Å²) < 4.78 is 7.54. The first-order chi connectivity index (χ1) is 15.5. The van der Waals surface area contributed by atoms with Crippen molar-refractivity contribution >= 4 is 44.8 Å². The highest BCUT2D eigenvalue weighted by Crippen LogP contribution is 2.54. The van der Waals surface area contributed by atoms with Crippen LogP contribution in [-0.2, 0) is 16.9 Å². The van der Waals surface area contributed by atoms with Gasteiger partial charge in [0.15, 0.2) is 0 Å². The van der Waals surface area contributed by atoms with Crippen LogP contribution in [0.1, 0.15) is 41.6 Å². The Hall–Kier alpha value is -2.83. The van der Waals surface area contributed by atoms with Gasteiger partial charge in [0.25, 0.3) is 5.91 Å². The molecule has 0 unspecified atom stereocenters. The molecule has 3 heterocycles. The SMILES string of the molecule is CCc1ccc2c(c1)[C@]1(Oc3ccc(Cl)cc3[C@@H]3CC(c4ccc(Br)cc4)=NN31)C(=O)N2. The third-order valence-electron chi connectivity index (χ3n) is 6.41. The van der Waals surface area contributed by atoms with E-state index in [0.717, 1.165) is 44.5 Å². The summed E-state index contributed by atoms with van der Waals surface area (Å²) in [6, 6.07) is 19.5. The van der Waals surface area contributed by atoms with Crippen LogP contribution in [0.2, 0.25) is 5.02 Å². The first-order valence-electron chi connectivity index (χ1n) is 10.6. The van der Waals surface area contributed by atoms with Crippen molar-refractivity contribution in [2.45, 2.75) is 31.5 Å². The molecule has 1 amide bonds. The molecule has 0 radical (unpaired) electrons. The van der Waals surface area contributed by atoms with Gasteiger partial charge in [-0.25, -0.2) is 5.01 Å². The maximum atomic E-state index is 13.5. The first-order valence-corrected chi connectivity index (χ1v) is 11.7. The van der Waals surface area contributed by atoms with Crippen LogP contribution >= 0.6 is 27.5 Å². The van der Waals surface area contributed by atoms with Gasteiger partial charge in [-0.3, -0.25) is 4.79 Å². The lowest BCUT2D eigenvalue weighted by molar-refractivity contribution is -0.161. The Balaban J connectivity index is 1.57. The van der Waals surface area contributed by atoms with Crippen molar-refractivity contribution in [3.8, 4) is 5.75 Å². The molecule has 3 aromatic rings. The summed E-state index contributed by atoms with van der Waals surface area (Å²) in [5.74, 6) is 0.431. The Morgan fingerprint density at radius 1 is 1.19 bits per heavy atom. The van der Waals surface area contributed by atoms with Crippen LogP contribution in [0.3, 0.4) is 0 Å². The van der Waals surface area contributed by atoms with E-state index in [4.69, 9.17) is 21.4 Å². The molecule has 2 atom stereocenters. The molecule has 160 valence electrons. The lowest BCUT2D eigenvalue weighted by Crippen LogP contribution is -2.55. The fourth-order valence-corrected chi connectivity index (χ4v) is 5.24. The number of hydrogen-bond acceptors (Lipinski definition) is 4. The van der Waals surface area contributed by atoms with Crippen molar-refractivity contribution in [1.29, 1.82) is 0 Å². The average Bonchev–Trinajstić information content (AvgIpc) is 3.36. The minimum absolute atomic E-state index is 0.168. The Morgan fingerprint density at radius 3 is 2.78 bits per heavy atom. The van der Waals surface area contributed by atoms with E-state index in [9.17, 15) is 4.79 Å². The molecule has 1 spiro atoms. The zero-order valence-electron chi connectivity index (χ0n) is 17.2. The molecule has 5 nitrogen and oxygen atoms in total. The molecule has 3 aromatic carbocycles. The largest absolute Gasteiger partial charge is 0.453 e. The second-order valence-electron chi connectivity index (χ2n) is 8.23. The number of aryl methyl sites for hydroxylation is 1. The van der Waals surface area contributed by atoms with Gasteiger partial charge < -0.3 is 10.1 Å². The summed E-state index contributed by atoms with van der Waals surface area (Å²) in [7, 11) is 0. The van der Waals surface area contributed by atoms with Crippen molar-refractivity contribution in [2.75, 3.05) is 5.32 Å². The van der Waals surface area contributed by atoms with Crippen LogP contribution < -0.4 is 10.1 Å².